The number of benzene rings is 1. The van der Waals surface area contributed by atoms with Crippen LogP contribution in [0.1, 0.15) is 22.7 Å². The molecule has 0 spiro atoms. The fourth-order valence-corrected chi connectivity index (χ4v) is 5.20. The van der Waals surface area contributed by atoms with Crippen molar-refractivity contribution in [3.8, 4) is 5.75 Å². The molecule has 1 aliphatic rings. The summed E-state index contributed by atoms with van der Waals surface area (Å²) in [5, 5.41) is 8.17. The van der Waals surface area contributed by atoms with Crippen LogP contribution in [-0.4, -0.2) is 48.8 Å². The van der Waals surface area contributed by atoms with Gasteiger partial charge >= 0.3 is 0 Å². The number of Topliss-reactive ketones (excluding diaryl/α,β-unsaturated/α-hetero) is 1. The summed E-state index contributed by atoms with van der Waals surface area (Å²) < 4.78 is 33.6. The molecule has 2 aromatic rings. The number of sulfone groups is 1. The molecule has 1 unspecified atom stereocenters. The van der Waals surface area contributed by atoms with E-state index in [9.17, 15) is 13.2 Å². The van der Waals surface area contributed by atoms with Crippen LogP contribution in [0.4, 0.5) is 0 Å². The van der Waals surface area contributed by atoms with E-state index < -0.39 is 9.84 Å². The van der Waals surface area contributed by atoms with E-state index in [0.29, 0.717) is 35.3 Å². The van der Waals surface area contributed by atoms with Crippen LogP contribution in [0.3, 0.4) is 0 Å². The van der Waals surface area contributed by atoms with Gasteiger partial charge in [0.15, 0.2) is 15.6 Å². The Labute approximate surface area is 150 Å². The molecule has 7 nitrogen and oxygen atoms in total. The zero-order chi connectivity index (χ0) is 17.9. The average Bonchev–Trinajstić information content (AvgIpc) is 3.18. The number of nitrogens with zero attached hydrogens (tertiary/aromatic N) is 2. The van der Waals surface area contributed by atoms with E-state index in [4.69, 9.17) is 9.15 Å². The molecule has 0 bridgehead atoms. The lowest BCUT2D eigenvalue weighted by atomic mass is 10.1. The normalized spacial score (nSPS) is 19.0. The predicted octanol–water partition coefficient (Wildman–Crippen LogP) is 2.03. The highest BCUT2D eigenvalue weighted by Gasteiger charge is 2.29. The van der Waals surface area contributed by atoms with Crippen LogP contribution < -0.4 is 4.74 Å². The zero-order valence-electron chi connectivity index (χ0n) is 13.7. The smallest absolute Gasteiger partial charge is 0.277 e. The maximum Gasteiger partial charge on any atom is 0.277 e. The van der Waals surface area contributed by atoms with Gasteiger partial charge in [-0.25, -0.2) is 8.42 Å². The van der Waals surface area contributed by atoms with E-state index >= 15 is 0 Å². The number of carbonyl (C=O) groups excluding carboxylic acids is 1. The fraction of sp³-hybridized carbons (Fsp3) is 0.438. The monoisotopic (exact) mass is 382 g/mol. The maximum atomic E-state index is 12.2. The Morgan fingerprint density at radius 1 is 1.40 bits per heavy atom. The quantitative estimate of drug-likeness (QED) is 0.530. The number of aromatic nitrogens is 2. The van der Waals surface area contributed by atoms with Crippen LogP contribution in [0.15, 0.2) is 33.9 Å². The second-order valence-electron chi connectivity index (χ2n) is 5.88. The predicted molar refractivity (Wildman–Crippen MR) is 92.8 cm³/mol. The summed E-state index contributed by atoms with van der Waals surface area (Å²) in [5.74, 6) is 1.58. The van der Waals surface area contributed by atoms with Gasteiger partial charge in [0.1, 0.15) is 5.75 Å². The molecular formula is C16H18N2O5S2. The van der Waals surface area contributed by atoms with Gasteiger partial charge in [0.05, 0.1) is 24.4 Å². The Kier molecular flexibility index (Phi) is 5.43. The van der Waals surface area contributed by atoms with Crippen molar-refractivity contribution in [2.45, 2.75) is 18.1 Å². The third kappa shape index (κ3) is 4.82. The van der Waals surface area contributed by atoms with Crippen molar-refractivity contribution < 1.29 is 22.4 Å². The number of hydrogen-bond donors (Lipinski definition) is 0. The fourth-order valence-electron chi connectivity index (χ4n) is 2.67. The topological polar surface area (TPSA) is 99.4 Å². The maximum absolute atomic E-state index is 12.2. The standard InChI is InChI=1S/C16H18N2O5S2/c1-22-13-4-2-3-12(8-13)14(19)9-24-16-18-17-15(23-16)7-11-5-6-25(20,21)10-11/h2-4,8,11H,5-7,9-10H2,1H3. The number of hydrogen-bond acceptors (Lipinski definition) is 8. The Hall–Kier alpha value is -1.87. The van der Waals surface area contributed by atoms with Crippen molar-refractivity contribution in [3.05, 3.63) is 35.7 Å². The summed E-state index contributed by atoms with van der Waals surface area (Å²) in [6, 6.07) is 6.95. The molecule has 3 rings (SSSR count). The molecule has 2 heterocycles. The largest absolute Gasteiger partial charge is 0.497 e. The second kappa shape index (κ2) is 7.57. The van der Waals surface area contributed by atoms with Crippen LogP contribution in [0.25, 0.3) is 0 Å². The molecule has 0 amide bonds. The first kappa shape index (κ1) is 17.9. The first-order chi connectivity index (χ1) is 11.9. The minimum absolute atomic E-state index is 0.0294. The lowest BCUT2D eigenvalue weighted by Crippen LogP contribution is -2.07. The van der Waals surface area contributed by atoms with E-state index in [1.54, 1.807) is 31.4 Å². The van der Waals surface area contributed by atoms with Gasteiger partial charge in [0, 0.05) is 12.0 Å². The minimum Gasteiger partial charge on any atom is -0.497 e. The van der Waals surface area contributed by atoms with E-state index in [1.165, 1.54) is 11.8 Å². The second-order valence-corrected chi connectivity index (χ2v) is 9.03. The van der Waals surface area contributed by atoms with Crippen molar-refractivity contribution >= 4 is 27.4 Å². The van der Waals surface area contributed by atoms with E-state index in [2.05, 4.69) is 10.2 Å². The molecule has 134 valence electrons. The summed E-state index contributed by atoms with van der Waals surface area (Å²) in [4.78, 5) is 12.2. The van der Waals surface area contributed by atoms with Crippen LogP contribution in [0.2, 0.25) is 0 Å². The van der Waals surface area contributed by atoms with Crippen LogP contribution in [0, 0.1) is 5.92 Å². The van der Waals surface area contributed by atoms with Crippen molar-refractivity contribution in [3.63, 3.8) is 0 Å². The molecule has 1 aromatic carbocycles. The van der Waals surface area contributed by atoms with Gasteiger partial charge in [-0.05, 0) is 24.5 Å². The van der Waals surface area contributed by atoms with Gasteiger partial charge < -0.3 is 9.15 Å². The van der Waals surface area contributed by atoms with Crippen molar-refractivity contribution in [1.29, 1.82) is 0 Å². The van der Waals surface area contributed by atoms with E-state index in [0.717, 1.165) is 0 Å². The molecule has 1 saturated heterocycles. The molecule has 1 aromatic heterocycles. The van der Waals surface area contributed by atoms with Crippen LogP contribution >= 0.6 is 11.8 Å². The first-order valence-corrected chi connectivity index (χ1v) is 10.6. The average molecular weight is 382 g/mol. The molecule has 0 saturated carbocycles. The minimum atomic E-state index is -2.92. The number of rotatable bonds is 7. The lowest BCUT2D eigenvalue weighted by Gasteiger charge is -2.03. The van der Waals surface area contributed by atoms with Crippen LogP contribution in [-0.2, 0) is 16.3 Å². The number of carbonyl (C=O) groups is 1. The highest BCUT2D eigenvalue weighted by atomic mass is 32.2. The molecule has 0 radical (unpaired) electrons. The third-order valence-electron chi connectivity index (χ3n) is 3.96. The number of thioether (sulfide) groups is 1. The molecule has 0 aliphatic carbocycles. The summed E-state index contributed by atoms with van der Waals surface area (Å²) >= 11 is 1.17. The van der Waals surface area contributed by atoms with Gasteiger partial charge in [-0.3, -0.25) is 4.79 Å². The SMILES string of the molecule is COc1cccc(C(=O)CSc2nnc(CC3CCS(=O)(=O)C3)o2)c1. The highest BCUT2D eigenvalue weighted by Crippen LogP contribution is 2.24. The number of ketones is 1. The number of methoxy groups -OCH3 is 1. The lowest BCUT2D eigenvalue weighted by molar-refractivity contribution is 0.102. The van der Waals surface area contributed by atoms with Gasteiger partial charge in [0.25, 0.3) is 5.22 Å². The zero-order valence-corrected chi connectivity index (χ0v) is 15.3. The van der Waals surface area contributed by atoms with E-state index in [1.807, 2.05) is 0 Å². The molecule has 0 N–H and O–H groups in total. The summed E-state index contributed by atoms with van der Waals surface area (Å²) in [6.45, 7) is 0. The Morgan fingerprint density at radius 2 is 2.24 bits per heavy atom. The molecule has 1 aliphatic heterocycles. The summed E-state index contributed by atoms with van der Waals surface area (Å²) in [6.07, 6.45) is 1.08. The Balaban J connectivity index is 1.54. The number of ether oxygens (including phenoxy) is 1. The first-order valence-electron chi connectivity index (χ1n) is 7.78. The van der Waals surface area contributed by atoms with Gasteiger partial charge in [0.2, 0.25) is 5.89 Å². The van der Waals surface area contributed by atoms with Gasteiger partial charge in [-0.15, -0.1) is 10.2 Å². The van der Waals surface area contributed by atoms with Gasteiger partial charge in [-0.1, -0.05) is 23.9 Å². The molecule has 9 heteroatoms. The highest BCUT2D eigenvalue weighted by molar-refractivity contribution is 7.99. The Morgan fingerprint density at radius 3 is 2.96 bits per heavy atom. The van der Waals surface area contributed by atoms with Crippen molar-refractivity contribution in [2.75, 3.05) is 24.4 Å². The van der Waals surface area contributed by atoms with Crippen molar-refractivity contribution in [1.82, 2.24) is 10.2 Å². The van der Waals surface area contributed by atoms with Crippen molar-refractivity contribution in [2.24, 2.45) is 5.92 Å². The Bertz CT molecular complexity index is 863. The molecule has 25 heavy (non-hydrogen) atoms. The molecule has 1 atom stereocenters. The summed E-state index contributed by atoms with van der Waals surface area (Å²) in [5.41, 5.74) is 0.558. The van der Waals surface area contributed by atoms with Gasteiger partial charge in [-0.2, -0.15) is 0 Å². The summed E-state index contributed by atoms with van der Waals surface area (Å²) in [7, 11) is -1.37. The van der Waals surface area contributed by atoms with E-state index in [-0.39, 0.29) is 29.0 Å². The molecule has 1 fully saturated rings. The third-order valence-corrected chi connectivity index (χ3v) is 6.61. The van der Waals surface area contributed by atoms with Crippen LogP contribution in [0.5, 0.6) is 5.75 Å². The molecular weight excluding hydrogens is 364 g/mol.